The van der Waals surface area contributed by atoms with Gasteiger partial charge in [0.25, 0.3) is 12.3 Å². The summed E-state index contributed by atoms with van der Waals surface area (Å²) in [4.78, 5) is 31.8. The number of carbonyl (C=O) groups excluding carboxylic acids is 1. The summed E-state index contributed by atoms with van der Waals surface area (Å²) >= 11 is 5.79. The van der Waals surface area contributed by atoms with E-state index in [1.165, 1.54) is 6.20 Å². The molecule has 13 heteroatoms. The molecule has 0 saturated carbocycles. The molecule has 0 spiro atoms. The standard InChI is InChI=1S/C24H20ClF3N8O/c1-13(17-10-31-20(11-30-17)35-5-2-6-35)36-12-14(7-32-36)33-24(37)19-9-29-8-18(34-19)21-15(23(27)28)3-4-16(25)22(21)26/h3-4,7-13,23H,2,5-6H2,1H3,(H,33,37)/t13-/m0/s1. The normalized spacial score (nSPS) is 13.9. The highest BCUT2D eigenvalue weighted by Gasteiger charge is 2.23. The largest absolute Gasteiger partial charge is 0.355 e. The van der Waals surface area contributed by atoms with Crippen LogP contribution < -0.4 is 10.2 Å². The molecule has 9 nitrogen and oxygen atoms in total. The topological polar surface area (TPSA) is 102 Å². The molecule has 1 aromatic carbocycles. The molecular weight excluding hydrogens is 509 g/mol. The van der Waals surface area contributed by atoms with Gasteiger partial charge in [0.05, 0.1) is 59.1 Å². The molecule has 3 aromatic heterocycles. The second-order valence-corrected chi connectivity index (χ2v) is 8.80. The molecule has 1 aliphatic heterocycles. The van der Waals surface area contributed by atoms with E-state index in [9.17, 15) is 18.0 Å². The SMILES string of the molecule is C[C@@H](c1cnc(N2CCC2)cn1)n1cc(NC(=O)c2cncc(-c3c(C(F)F)ccc(Cl)c3F)n2)cn1. The van der Waals surface area contributed by atoms with E-state index >= 15 is 0 Å². The number of hydrogen-bond acceptors (Lipinski definition) is 7. The van der Waals surface area contributed by atoms with Crippen molar-refractivity contribution in [2.24, 2.45) is 0 Å². The molecule has 1 fully saturated rings. The highest BCUT2D eigenvalue weighted by molar-refractivity contribution is 6.31. The van der Waals surface area contributed by atoms with E-state index in [0.29, 0.717) is 11.4 Å². The third-order valence-electron chi connectivity index (χ3n) is 6.01. The molecule has 1 atom stereocenters. The minimum absolute atomic E-state index is 0.203. The van der Waals surface area contributed by atoms with Gasteiger partial charge in [0, 0.05) is 30.4 Å². The van der Waals surface area contributed by atoms with Gasteiger partial charge in [-0.3, -0.25) is 19.4 Å². The minimum Gasteiger partial charge on any atom is -0.355 e. The first-order valence-electron chi connectivity index (χ1n) is 11.3. The summed E-state index contributed by atoms with van der Waals surface area (Å²) in [6, 6.07) is 1.79. The quantitative estimate of drug-likeness (QED) is 0.363. The lowest BCUT2D eigenvalue weighted by Crippen LogP contribution is -2.37. The number of hydrogen-bond donors (Lipinski definition) is 1. The van der Waals surface area contributed by atoms with Crippen molar-refractivity contribution < 1.29 is 18.0 Å². The van der Waals surface area contributed by atoms with Gasteiger partial charge < -0.3 is 10.2 Å². The summed E-state index contributed by atoms with van der Waals surface area (Å²) in [5, 5.41) is 6.56. The van der Waals surface area contributed by atoms with Crippen LogP contribution in [-0.2, 0) is 0 Å². The Hall–Kier alpha value is -4.06. The highest BCUT2D eigenvalue weighted by Crippen LogP contribution is 2.35. The zero-order valence-corrected chi connectivity index (χ0v) is 20.2. The molecule has 4 aromatic rings. The molecule has 0 bridgehead atoms. The van der Waals surface area contributed by atoms with Crippen LogP contribution in [0.3, 0.4) is 0 Å². The number of halogens is 4. The monoisotopic (exact) mass is 528 g/mol. The lowest BCUT2D eigenvalue weighted by atomic mass is 10.0. The Morgan fingerprint density at radius 2 is 1.92 bits per heavy atom. The Morgan fingerprint density at radius 3 is 2.59 bits per heavy atom. The second kappa shape index (κ2) is 10.1. The second-order valence-electron chi connectivity index (χ2n) is 8.40. The predicted octanol–water partition coefficient (Wildman–Crippen LogP) is 4.93. The van der Waals surface area contributed by atoms with E-state index in [4.69, 9.17) is 11.6 Å². The molecule has 0 radical (unpaired) electrons. The van der Waals surface area contributed by atoms with Gasteiger partial charge in [-0.25, -0.2) is 23.1 Å². The van der Waals surface area contributed by atoms with Crippen LogP contribution in [0.25, 0.3) is 11.3 Å². The zero-order valence-electron chi connectivity index (χ0n) is 19.4. The molecule has 190 valence electrons. The first kappa shape index (κ1) is 24.6. The number of aromatic nitrogens is 6. The van der Waals surface area contributed by atoms with Crippen LogP contribution in [0.5, 0.6) is 0 Å². The van der Waals surface area contributed by atoms with Crippen LogP contribution in [-0.4, -0.2) is 48.7 Å². The van der Waals surface area contributed by atoms with E-state index in [1.807, 2.05) is 6.92 Å². The van der Waals surface area contributed by atoms with Crippen LogP contribution in [0.1, 0.15) is 47.6 Å². The average Bonchev–Trinajstić information content (AvgIpc) is 3.33. The predicted molar refractivity (Wildman–Crippen MR) is 130 cm³/mol. The van der Waals surface area contributed by atoms with Crippen LogP contribution in [0, 0.1) is 5.82 Å². The van der Waals surface area contributed by atoms with E-state index in [0.717, 1.165) is 49.9 Å². The zero-order chi connectivity index (χ0) is 26.1. The third kappa shape index (κ3) is 4.96. The molecule has 1 aliphatic rings. The molecule has 37 heavy (non-hydrogen) atoms. The van der Waals surface area contributed by atoms with Gasteiger partial charge in [0.15, 0.2) is 5.82 Å². The van der Waals surface area contributed by atoms with Crippen LogP contribution >= 0.6 is 11.6 Å². The third-order valence-corrected chi connectivity index (χ3v) is 6.30. The average molecular weight is 529 g/mol. The molecule has 5 rings (SSSR count). The first-order chi connectivity index (χ1) is 17.8. The maximum atomic E-state index is 14.6. The number of rotatable bonds is 7. The lowest BCUT2D eigenvalue weighted by molar-refractivity contribution is 0.102. The van der Waals surface area contributed by atoms with Crippen LogP contribution in [0.4, 0.5) is 24.7 Å². The van der Waals surface area contributed by atoms with Gasteiger partial charge in [-0.1, -0.05) is 17.7 Å². The summed E-state index contributed by atoms with van der Waals surface area (Å²) in [6.07, 6.45) is 6.87. The van der Waals surface area contributed by atoms with Crippen molar-refractivity contribution in [1.29, 1.82) is 0 Å². The van der Waals surface area contributed by atoms with E-state index in [-0.39, 0.29) is 22.5 Å². The summed E-state index contributed by atoms with van der Waals surface area (Å²) in [6.45, 7) is 3.84. The number of benzene rings is 1. The Balaban J connectivity index is 1.32. The summed E-state index contributed by atoms with van der Waals surface area (Å²) < 4.78 is 43.2. The lowest BCUT2D eigenvalue weighted by Gasteiger charge is -2.31. The number of amides is 1. The molecule has 1 N–H and O–H groups in total. The Morgan fingerprint density at radius 1 is 1.11 bits per heavy atom. The van der Waals surface area contributed by atoms with Gasteiger partial charge in [0.1, 0.15) is 11.5 Å². The van der Waals surface area contributed by atoms with Gasteiger partial charge >= 0.3 is 0 Å². The Bertz CT molecular complexity index is 1440. The Kier molecular flexibility index (Phi) is 6.74. The summed E-state index contributed by atoms with van der Waals surface area (Å²) in [5.41, 5.74) is -0.506. The first-order valence-corrected chi connectivity index (χ1v) is 11.7. The van der Waals surface area contributed by atoms with Crippen molar-refractivity contribution in [2.75, 3.05) is 23.3 Å². The number of nitrogens with one attached hydrogen (secondary N) is 1. The number of alkyl halides is 2. The van der Waals surface area contributed by atoms with Crippen molar-refractivity contribution in [1.82, 2.24) is 29.7 Å². The van der Waals surface area contributed by atoms with E-state index in [2.05, 4.69) is 35.3 Å². The van der Waals surface area contributed by atoms with Crippen molar-refractivity contribution in [3.8, 4) is 11.3 Å². The highest BCUT2D eigenvalue weighted by atomic mass is 35.5. The van der Waals surface area contributed by atoms with Crippen molar-refractivity contribution in [3.63, 3.8) is 0 Å². The maximum absolute atomic E-state index is 14.6. The molecule has 0 aliphatic carbocycles. The minimum atomic E-state index is -2.98. The van der Waals surface area contributed by atoms with Crippen molar-refractivity contribution in [3.05, 3.63) is 77.1 Å². The van der Waals surface area contributed by atoms with Gasteiger partial charge in [0.2, 0.25) is 0 Å². The number of nitrogens with zero attached hydrogens (tertiary/aromatic N) is 7. The smallest absolute Gasteiger partial charge is 0.275 e. The van der Waals surface area contributed by atoms with E-state index < -0.39 is 29.3 Å². The van der Waals surface area contributed by atoms with Crippen LogP contribution in [0.2, 0.25) is 5.02 Å². The fourth-order valence-electron chi connectivity index (χ4n) is 3.80. The van der Waals surface area contributed by atoms with Crippen molar-refractivity contribution in [2.45, 2.75) is 25.8 Å². The van der Waals surface area contributed by atoms with Crippen molar-refractivity contribution >= 4 is 29.0 Å². The van der Waals surface area contributed by atoms with E-state index in [1.54, 1.807) is 23.3 Å². The molecule has 1 amide bonds. The Labute approximate surface area is 214 Å². The van der Waals surface area contributed by atoms with Crippen LogP contribution in [0.15, 0.2) is 49.3 Å². The molecule has 1 saturated heterocycles. The number of carbonyl (C=O) groups is 1. The molecule has 0 unspecified atom stereocenters. The fourth-order valence-corrected chi connectivity index (χ4v) is 3.96. The summed E-state index contributed by atoms with van der Waals surface area (Å²) in [5.74, 6) is -0.916. The van der Waals surface area contributed by atoms with Gasteiger partial charge in [-0.2, -0.15) is 5.10 Å². The summed E-state index contributed by atoms with van der Waals surface area (Å²) in [7, 11) is 0. The fraction of sp³-hybridized carbons (Fsp3) is 0.250. The van der Waals surface area contributed by atoms with Gasteiger partial charge in [-0.05, 0) is 19.4 Å². The molecule has 4 heterocycles. The molecular formula is C24H20ClF3N8O. The maximum Gasteiger partial charge on any atom is 0.275 e. The number of anilines is 2. The van der Waals surface area contributed by atoms with Gasteiger partial charge in [-0.15, -0.1) is 0 Å².